The zero-order valence-corrected chi connectivity index (χ0v) is 22.7. The van der Waals surface area contributed by atoms with Crippen LogP contribution in [-0.4, -0.2) is 94.9 Å². The first-order chi connectivity index (χ1) is 19.0. The van der Waals surface area contributed by atoms with E-state index in [0.717, 1.165) is 15.6 Å². The first-order valence-electron chi connectivity index (χ1n) is 12.1. The van der Waals surface area contributed by atoms with Crippen LogP contribution in [0, 0.1) is 24.2 Å². The van der Waals surface area contributed by atoms with E-state index in [0.29, 0.717) is 16.6 Å². The fraction of sp³-hybridized carbons (Fsp3) is 0.250. The number of benzene rings is 1. The summed E-state index contributed by atoms with van der Waals surface area (Å²) >= 11 is 0. The quantitative estimate of drug-likeness (QED) is 0.274. The standard InChI is InChI=1S/C24H14B8N6O2S/c1-13-2-4-15(5-3-13)41(39,40)38-9-7-16-18(34-12-35-20(16)38)14-10-36-37(11-14)17(6-8-33)19-21(25,26)23(29,30)24(31,32)22(19,27)28/h2-7,9-12,19H,1H3/b17-6+. The number of nitriles is 1. The lowest BCUT2D eigenvalue weighted by molar-refractivity contribution is 0.570. The number of hydrogen-bond donors (Lipinski definition) is 0. The summed E-state index contributed by atoms with van der Waals surface area (Å²) < 4.78 is 29.1. The summed E-state index contributed by atoms with van der Waals surface area (Å²) in [5.41, 5.74) is 1.84. The molecule has 0 saturated heterocycles. The van der Waals surface area contributed by atoms with E-state index in [1.54, 1.807) is 18.2 Å². The molecule has 1 saturated carbocycles. The van der Waals surface area contributed by atoms with Gasteiger partial charge in [-0.1, -0.05) is 17.7 Å². The van der Waals surface area contributed by atoms with E-state index < -0.39 is 36.8 Å². The zero-order chi connectivity index (χ0) is 30.2. The van der Waals surface area contributed by atoms with Gasteiger partial charge in [-0.15, -0.1) is 20.9 Å². The number of aromatic nitrogens is 5. The van der Waals surface area contributed by atoms with Crippen molar-refractivity contribution in [2.75, 3.05) is 0 Å². The molecule has 4 aromatic rings. The second kappa shape index (κ2) is 9.38. The van der Waals surface area contributed by atoms with Crippen LogP contribution in [0.3, 0.4) is 0 Å². The molecule has 0 aliphatic heterocycles. The average Bonchev–Trinajstić information content (AvgIpc) is 3.57. The highest BCUT2D eigenvalue weighted by atomic mass is 32.2. The number of rotatable bonds is 5. The summed E-state index contributed by atoms with van der Waals surface area (Å²) in [6, 6.07) is 9.91. The molecule has 1 aliphatic carbocycles. The maximum Gasteiger partial charge on any atom is 0.269 e. The summed E-state index contributed by atoms with van der Waals surface area (Å²) in [5, 5.41) is 5.77. The number of allylic oxidation sites excluding steroid dienone is 2. The summed E-state index contributed by atoms with van der Waals surface area (Å²) in [7, 11) is 46.1. The SMILES string of the molecule is [B]C1([B])C(/C(=C\C#N)n2cc(-c3ncnc4c3ccn4S(=O)(=O)c3ccc(C)cc3)cn2)C([B])([B])C([B])([B])C1([B])[B]. The highest BCUT2D eigenvalue weighted by Crippen LogP contribution is 2.80. The molecule has 5 rings (SSSR count). The maximum absolute atomic E-state index is 13.4. The van der Waals surface area contributed by atoms with Crippen LogP contribution >= 0.6 is 0 Å². The summed E-state index contributed by atoms with van der Waals surface area (Å²) in [6.07, 6.45) is 6.60. The Labute approximate surface area is 249 Å². The Morgan fingerprint density at radius 3 is 2.17 bits per heavy atom. The van der Waals surface area contributed by atoms with Gasteiger partial charge in [0.05, 0.1) is 91.3 Å². The van der Waals surface area contributed by atoms with Crippen molar-refractivity contribution >= 4 is 89.5 Å². The fourth-order valence-corrected chi connectivity index (χ4v) is 6.49. The highest BCUT2D eigenvalue weighted by molar-refractivity contribution is 7.90. The molecule has 0 atom stereocenters. The van der Waals surface area contributed by atoms with Crippen LogP contribution in [0.5, 0.6) is 0 Å². The molecular formula is C24H14B8N6O2S. The average molecular weight is 537 g/mol. The third kappa shape index (κ3) is 4.04. The van der Waals surface area contributed by atoms with Crippen LogP contribution in [0.1, 0.15) is 5.56 Å². The number of hydrogen-bond acceptors (Lipinski definition) is 6. The van der Waals surface area contributed by atoms with Crippen molar-refractivity contribution in [1.29, 1.82) is 5.26 Å². The fourth-order valence-electron chi connectivity index (χ4n) is 5.19. The van der Waals surface area contributed by atoms with Gasteiger partial charge < -0.3 is 0 Å². The Hall–Kier alpha value is -3.25. The second-order valence-electron chi connectivity index (χ2n) is 10.3. The molecule has 182 valence electrons. The lowest BCUT2D eigenvalue weighted by Gasteiger charge is -2.51. The molecule has 0 unspecified atom stereocenters. The summed E-state index contributed by atoms with van der Waals surface area (Å²) in [5.74, 6) is -1.36. The van der Waals surface area contributed by atoms with Gasteiger partial charge in [0.2, 0.25) is 0 Å². The molecule has 0 spiro atoms. The van der Waals surface area contributed by atoms with Gasteiger partial charge in [0.15, 0.2) is 5.65 Å². The Morgan fingerprint density at radius 2 is 1.59 bits per heavy atom. The van der Waals surface area contributed by atoms with Crippen LogP contribution in [0.25, 0.3) is 28.0 Å². The van der Waals surface area contributed by atoms with Gasteiger partial charge in [0, 0.05) is 29.4 Å². The zero-order valence-electron chi connectivity index (χ0n) is 21.9. The first-order valence-corrected chi connectivity index (χ1v) is 13.5. The molecule has 8 nitrogen and oxygen atoms in total. The third-order valence-electron chi connectivity index (χ3n) is 7.73. The molecule has 16 radical (unpaired) electrons. The predicted molar refractivity (Wildman–Crippen MR) is 163 cm³/mol. The van der Waals surface area contributed by atoms with E-state index in [2.05, 4.69) is 15.1 Å². The molecule has 41 heavy (non-hydrogen) atoms. The molecule has 1 aliphatic rings. The number of aryl methyl sites for hydroxylation is 1. The van der Waals surface area contributed by atoms with Crippen molar-refractivity contribution in [2.45, 2.75) is 32.7 Å². The monoisotopic (exact) mass is 538 g/mol. The van der Waals surface area contributed by atoms with Crippen molar-refractivity contribution in [1.82, 2.24) is 23.7 Å². The van der Waals surface area contributed by atoms with E-state index in [9.17, 15) is 13.7 Å². The van der Waals surface area contributed by atoms with Gasteiger partial charge in [-0.3, -0.25) is 0 Å². The van der Waals surface area contributed by atoms with Gasteiger partial charge >= 0.3 is 0 Å². The molecule has 3 heterocycles. The third-order valence-corrected chi connectivity index (χ3v) is 9.41. The highest BCUT2D eigenvalue weighted by Gasteiger charge is 2.65. The van der Waals surface area contributed by atoms with Gasteiger partial charge in [-0.2, -0.15) is 10.4 Å². The van der Waals surface area contributed by atoms with E-state index in [-0.39, 0.29) is 16.2 Å². The van der Waals surface area contributed by atoms with Crippen molar-refractivity contribution in [2.24, 2.45) is 5.92 Å². The van der Waals surface area contributed by atoms with Crippen LogP contribution < -0.4 is 0 Å². The Kier molecular flexibility index (Phi) is 6.69. The van der Waals surface area contributed by atoms with Crippen LogP contribution in [-0.2, 0) is 10.0 Å². The molecule has 1 aromatic carbocycles. The second-order valence-corrected chi connectivity index (χ2v) is 12.1. The van der Waals surface area contributed by atoms with Crippen molar-refractivity contribution in [3.63, 3.8) is 0 Å². The van der Waals surface area contributed by atoms with E-state index >= 15 is 0 Å². The Morgan fingerprint density at radius 1 is 0.976 bits per heavy atom. The summed E-state index contributed by atoms with van der Waals surface area (Å²) in [4.78, 5) is 8.65. The lowest BCUT2D eigenvalue weighted by atomic mass is 9.17. The Balaban J connectivity index is 1.61. The molecule has 0 amide bonds. The van der Waals surface area contributed by atoms with Gasteiger partial charge in [0.25, 0.3) is 10.0 Å². The van der Waals surface area contributed by atoms with E-state index in [4.69, 9.17) is 62.8 Å². The normalized spacial score (nSPS) is 19.7. The van der Waals surface area contributed by atoms with E-state index in [1.165, 1.54) is 41.7 Å². The van der Waals surface area contributed by atoms with Crippen molar-refractivity contribution in [3.05, 3.63) is 66.9 Å². The first kappa shape index (κ1) is 29.2. The molecule has 0 bridgehead atoms. The number of fused-ring (bicyclic) bond motifs is 1. The largest absolute Gasteiger partial charge is 0.269 e. The minimum absolute atomic E-state index is 0.0108. The molecule has 17 heteroatoms. The molecular weight excluding hydrogens is 523 g/mol. The molecule has 0 N–H and O–H groups in total. The minimum atomic E-state index is -3.96. The van der Waals surface area contributed by atoms with Crippen LogP contribution in [0.15, 0.2) is 66.2 Å². The topological polar surface area (TPSA) is 106 Å². The maximum atomic E-state index is 13.4. The number of nitrogens with zero attached hydrogens (tertiary/aromatic N) is 6. The van der Waals surface area contributed by atoms with E-state index in [1.807, 2.05) is 13.0 Å². The van der Waals surface area contributed by atoms with Gasteiger partial charge in [-0.25, -0.2) is 27.0 Å². The minimum Gasteiger partial charge on any atom is -0.243 e. The smallest absolute Gasteiger partial charge is 0.243 e. The molecule has 1 fully saturated rings. The Bertz CT molecular complexity index is 1830. The van der Waals surface area contributed by atoms with Crippen LogP contribution in [0.4, 0.5) is 0 Å². The summed E-state index contributed by atoms with van der Waals surface area (Å²) in [6.45, 7) is 1.86. The van der Waals surface area contributed by atoms with Crippen LogP contribution in [0.2, 0.25) is 20.9 Å². The van der Waals surface area contributed by atoms with Crippen molar-refractivity contribution < 1.29 is 8.42 Å². The lowest BCUT2D eigenvalue weighted by Crippen LogP contribution is -2.39. The molecule has 3 aromatic heterocycles. The predicted octanol–water partition coefficient (Wildman–Crippen LogP) is 0.647. The van der Waals surface area contributed by atoms with Crippen molar-refractivity contribution in [3.8, 4) is 17.3 Å². The van der Waals surface area contributed by atoms with Gasteiger partial charge in [-0.05, 0) is 31.0 Å². The van der Waals surface area contributed by atoms with Gasteiger partial charge in [0.1, 0.15) is 6.33 Å².